The average molecular weight is 276 g/mol. The minimum atomic E-state index is -0.208. The fraction of sp³-hybridized carbons (Fsp3) is 0.375. The number of hydrogen-bond acceptors (Lipinski definition) is 3. The number of halogens is 1. The standard InChI is InChI=1S/C16H21FN2O/c1-12(2)18-10-16-13(8-9-20-16)11-19(3)15-7-5-4-6-14(15)17/h4-9,12,18H,10-11H2,1-3H3. The van der Waals surface area contributed by atoms with E-state index in [4.69, 9.17) is 4.42 Å². The van der Waals surface area contributed by atoms with Gasteiger partial charge in [-0.05, 0) is 18.2 Å². The second-order valence-electron chi connectivity index (χ2n) is 5.21. The highest BCUT2D eigenvalue weighted by Crippen LogP contribution is 2.21. The lowest BCUT2D eigenvalue weighted by Gasteiger charge is -2.20. The molecule has 0 bridgehead atoms. The summed E-state index contributed by atoms with van der Waals surface area (Å²) in [5.74, 6) is 0.697. The molecule has 3 nitrogen and oxygen atoms in total. The van der Waals surface area contributed by atoms with Gasteiger partial charge < -0.3 is 14.6 Å². The van der Waals surface area contributed by atoms with Gasteiger partial charge in [-0.2, -0.15) is 0 Å². The second kappa shape index (κ2) is 6.57. The molecular formula is C16H21FN2O. The molecule has 0 amide bonds. The molecule has 0 aliphatic carbocycles. The summed E-state index contributed by atoms with van der Waals surface area (Å²) in [5.41, 5.74) is 1.67. The van der Waals surface area contributed by atoms with Gasteiger partial charge in [0.2, 0.25) is 0 Å². The van der Waals surface area contributed by atoms with E-state index in [-0.39, 0.29) is 5.82 Å². The molecule has 2 rings (SSSR count). The molecule has 1 aromatic heterocycles. The molecular weight excluding hydrogens is 255 g/mol. The molecule has 108 valence electrons. The van der Waals surface area contributed by atoms with E-state index >= 15 is 0 Å². The van der Waals surface area contributed by atoms with Crippen LogP contribution in [-0.2, 0) is 13.1 Å². The van der Waals surface area contributed by atoms with Crippen molar-refractivity contribution in [2.45, 2.75) is 33.0 Å². The summed E-state index contributed by atoms with van der Waals surface area (Å²) in [5, 5.41) is 3.33. The topological polar surface area (TPSA) is 28.4 Å². The lowest BCUT2D eigenvalue weighted by atomic mass is 10.2. The Morgan fingerprint density at radius 3 is 2.70 bits per heavy atom. The van der Waals surface area contributed by atoms with Gasteiger partial charge in [-0.25, -0.2) is 4.39 Å². The van der Waals surface area contributed by atoms with Gasteiger partial charge in [-0.1, -0.05) is 26.0 Å². The Labute approximate surface area is 119 Å². The first-order valence-electron chi connectivity index (χ1n) is 6.82. The summed E-state index contributed by atoms with van der Waals surface area (Å²) < 4.78 is 19.2. The smallest absolute Gasteiger partial charge is 0.146 e. The number of anilines is 1. The largest absolute Gasteiger partial charge is 0.468 e. The summed E-state index contributed by atoms with van der Waals surface area (Å²) in [6, 6.07) is 9.13. The van der Waals surface area contributed by atoms with Gasteiger partial charge in [-0.3, -0.25) is 0 Å². The minimum Gasteiger partial charge on any atom is -0.468 e. The molecule has 0 fully saturated rings. The summed E-state index contributed by atoms with van der Waals surface area (Å²) in [4.78, 5) is 1.89. The zero-order valence-electron chi connectivity index (χ0n) is 12.2. The van der Waals surface area contributed by atoms with Gasteiger partial charge in [0.05, 0.1) is 18.5 Å². The first-order chi connectivity index (χ1) is 9.58. The molecule has 1 aromatic carbocycles. The van der Waals surface area contributed by atoms with Crippen LogP contribution in [0.25, 0.3) is 0 Å². The number of hydrogen-bond donors (Lipinski definition) is 1. The fourth-order valence-electron chi connectivity index (χ4n) is 2.06. The van der Waals surface area contributed by atoms with E-state index in [1.807, 2.05) is 24.1 Å². The van der Waals surface area contributed by atoms with Crippen LogP contribution in [-0.4, -0.2) is 13.1 Å². The molecule has 0 aliphatic heterocycles. The van der Waals surface area contributed by atoms with Crippen molar-refractivity contribution in [3.05, 3.63) is 53.7 Å². The Hall–Kier alpha value is -1.81. The van der Waals surface area contributed by atoms with Gasteiger partial charge in [0, 0.05) is 25.2 Å². The molecule has 0 aliphatic rings. The van der Waals surface area contributed by atoms with Crippen LogP contribution in [0, 0.1) is 5.82 Å². The van der Waals surface area contributed by atoms with Crippen molar-refractivity contribution >= 4 is 5.69 Å². The zero-order valence-corrected chi connectivity index (χ0v) is 12.2. The Kier molecular flexibility index (Phi) is 4.79. The van der Waals surface area contributed by atoms with Crippen molar-refractivity contribution < 1.29 is 8.81 Å². The maximum atomic E-state index is 13.7. The molecule has 20 heavy (non-hydrogen) atoms. The zero-order chi connectivity index (χ0) is 14.5. The molecule has 4 heteroatoms. The third-order valence-electron chi connectivity index (χ3n) is 3.18. The van der Waals surface area contributed by atoms with Crippen molar-refractivity contribution in [3.63, 3.8) is 0 Å². The maximum absolute atomic E-state index is 13.7. The third-order valence-corrected chi connectivity index (χ3v) is 3.18. The molecule has 0 saturated heterocycles. The van der Waals surface area contributed by atoms with Crippen LogP contribution in [0.4, 0.5) is 10.1 Å². The van der Waals surface area contributed by atoms with E-state index in [1.165, 1.54) is 6.07 Å². The van der Waals surface area contributed by atoms with Crippen molar-refractivity contribution in [1.82, 2.24) is 5.32 Å². The normalized spacial score (nSPS) is 11.1. The van der Waals surface area contributed by atoms with Crippen LogP contribution >= 0.6 is 0 Å². The van der Waals surface area contributed by atoms with Crippen molar-refractivity contribution in [2.75, 3.05) is 11.9 Å². The fourth-order valence-corrected chi connectivity index (χ4v) is 2.06. The summed E-state index contributed by atoms with van der Waals surface area (Å²) in [7, 11) is 1.88. The van der Waals surface area contributed by atoms with E-state index < -0.39 is 0 Å². The first kappa shape index (κ1) is 14.6. The van der Waals surface area contributed by atoms with Gasteiger partial charge in [0.25, 0.3) is 0 Å². The summed E-state index contributed by atoms with van der Waals surface area (Å²) in [6.45, 7) is 5.49. The number of para-hydroxylation sites is 1. The predicted molar refractivity (Wildman–Crippen MR) is 79.2 cm³/mol. The SMILES string of the molecule is CC(C)NCc1occc1CN(C)c1ccccc1F. The van der Waals surface area contributed by atoms with E-state index in [1.54, 1.807) is 18.4 Å². The lowest BCUT2D eigenvalue weighted by Crippen LogP contribution is -2.23. The van der Waals surface area contributed by atoms with E-state index in [0.717, 1.165) is 11.3 Å². The monoisotopic (exact) mass is 276 g/mol. The number of benzene rings is 1. The maximum Gasteiger partial charge on any atom is 0.146 e. The average Bonchev–Trinajstić information content (AvgIpc) is 2.84. The number of furan rings is 1. The van der Waals surface area contributed by atoms with Crippen LogP contribution in [0.1, 0.15) is 25.2 Å². The summed E-state index contributed by atoms with van der Waals surface area (Å²) >= 11 is 0. The van der Waals surface area contributed by atoms with Gasteiger partial charge in [0.15, 0.2) is 0 Å². The van der Waals surface area contributed by atoms with Crippen LogP contribution in [0.2, 0.25) is 0 Å². The first-order valence-corrected chi connectivity index (χ1v) is 6.82. The molecule has 0 saturated carbocycles. The molecule has 1 heterocycles. The van der Waals surface area contributed by atoms with Crippen molar-refractivity contribution in [1.29, 1.82) is 0 Å². The lowest BCUT2D eigenvalue weighted by molar-refractivity contribution is 0.460. The van der Waals surface area contributed by atoms with Crippen LogP contribution in [0.3, 0.4) is 0 Å². The second-order valence-corrected chi connectivity index (χ2v) is 5.21. The van der Waals surface area contributed by atoms with E-state index in [0.29, 0.717) is 24.8 Å². The molecule has 0 spiro atoms. The molecule has 0 atom stereocenters. The summed E-state index contributed by atoms with van der Waals surface area (Å²) in [6.07, 6.45) is 1.68. The predicted octanol–water partition coefficient (Wildman–Crippen LogP) is 3.55. The van der Waals surface area contributed by atoms with Gasteiger partial charge >= 0.3 is 0 Å². The van der Waals surface area contributed by atoms with E-state index in [2.05, 4.69) is 19.2 Å². The van der Waals surface area contributed by atoms with Crippen LogP contribution < -0.4 is 10.2 Å². The number of rotatable bonds is 6. The molecule has 0 unspecified atom stereocenters. The highest BCUT2D eigenvalue weighted by Gasteiger charge is 2.12. The Bertz CT molecular complexity index is 551. The molecule has 0 radical (unpaired) electrons. The Balaban J connectivity index is 2.07. The van der Waals surface area contributed by atoms with Gasteiger partial charge in [-0.15, -0.1) is 0 Å². The third kappa shape index (κ3) is 3.61. The molecule has 1 N–H and O–H groups in total. The van der Waals surface area contributed by atoms with Gasteiger partial charge in [0.1, 0.15) is 11.6 Å². The number of nitrogens with zero attached hydrogens (tertiary/aromatic N) is 1. The Morgan fingerprint density at radius 2 is 2.00 bits per heavy atom. The quantitative estimate of drug-likeness (QED) is 0.874. The van der Waals surface area contributed by atoms with Crippen LogP contribution in [0.15, 0.2) is 41.0 Å². The highest BCUT2D eigenvalue weighted by atomic mass is 19.1. The van der Waals surface area contributed by atoms with E-state index in [9.17, 15) is 4.39 Å². The van der Waals surface area contributed by atoms with Crippen molar-refractivity contribution in [2.24, 2.45) is 0 Å². The van der Waals surface area contributed by atoms with Crippen molar-refractivity contribution in [3.8, 4) is 0 Å². The Morgan fingerprint density at radius 1 is 1.25 bits per heavy atom. The molecule has 2 aromatic rings. The van der Waals surface area contributed by atoms with Crippen LogP contribution in [0.5, 0.6) is 0 Å². The minimum absolute atomic E-state index is 0.208. The highest BCUT2D eigenvalue weighted by molar-refractivity contribution is 5.47. The number of nitrogens with one attached hydrogen (secondary N) is 1.